The predicted octanol–water partition coefficient (Wildman–Crippen LogP) is 0.701. The van der Waals surface area contributed by atoms with E-state index in [4.69, 9.17) is 5.73 Å². The molecule has 62 valence electrons. The Balaban J connectivity index is 2.45. The van der Waals surface area contributed by atoms with Crippen LogP contribution in [0.2, 0.25) is 0 Å². The molecule has 0 aromatic rings. The molecule has 0 saturated carbocycles. The molecule has 1 atom stereocenters. The summed E-state index contributed by atoms with van der Waals surface area (Å²) in [6.45, 7) is 2.14. The van der Waals surface area contributed by atoms with Gasteiger partial charge in [0.2, 0.25) is 0 Å². The van der Waals surface area contributed by atoms with Crippen molar-refractivity contribution >= 4 is 34.8 Å². The van der Waals surface area contributed by atoms with Crippen molar-refractivity contribution in [3.05, 3.63) is 0 Å². The van der Waals surface area contributed by atoms with Crippen LogP contribution in [0.25, 0.3) is 0 Å². The number of rotatable bonds is 1. The van der Waals surface area contributed by atoms with Gasteiger partial charge in [-0.2, -0.15) is 16.9 Å². The van der Waals surface area contributed by atoms with Crippen molar-refractivity contribution in [2.75, 3.05) is 5.75 Å². The van der Waals surface area contributed by atoms with Crippen LogP contribution in [0.4, 0.5) is 0 Å². The number of hydrogen-bond acceptors (Lipinski definition) is 3. The molecule has 11 heavy (non-hydrogen) atoms. The lowest BCUT2D eigenvalue weighted by Crippen LogP contribution is -2.26. The van der Waals surface area contributed by atoms with Crippen molar-refractivity contribution in [2.45, 2.75) is 18.6 Å². The fourth-order valence-electron chi connectivity index (χ4n) is 0.913. The topological polar surface area (TPSA) is 50.4 Å². The van der Waals surface area contributed by atoms with Crippen LogP contribution in [0.1, 0.15) is 13.3 Å². The molecule has 1 rings (SSSR count). The van der Waals surface area contributed by atoms with Crippen molar-refractivity contribution < 1.29 is 0 Å². The first kappa shape index (κ1) is 8.80. The Morgan fingerprint density at radius 1 is 1.91 bits per heavy atom. The molecule has 1 heterocycles. The highest BCUT2D eigenvalue weighted by Crippen LogP contribution is 2.22. The maximum absolute atomic E-state index is 5.22. The highest BCUT2D eigenvalue weighted by Gasteiger charge is 2.18. The molecule has 3 N–H and O–H groups in total. The monoisotopic (exact) mass is 189 g/mol. The number of thioether (sulfide) groups is 1. The number of nitrogens with one attached hydrogen (secondary N) is 1. The molecule has 0 aromatic heterocycles. The van der Waals surface area contributed by atoms with Crippen molar-refractivity contribution in [3.63, 3.8) is 0 Å². The second kappa shape index (κ2) is 3.92. The van der Waals surface area contributed by atoms with Crippen molar-refractivity contribution in [2.24, 2.45) is 10.8 Å². The summed E-state index contributed by atoms with van der Waals surface area (Å²) < 4.78 is 0. The van der Waals surface area contributed by atoms with Crippen molar-refractivity contribution in [3.8, 4) is 0 Å². The van der Waals surface area contributed by atoms with E-state index in [0.29, 0.717) is 5.25 Å². The van der Waals surface area contributed by atoms with E-state index < -0.39 is 0 Å². The third kappa shape index (κ3) is 2.67. The summed E-state index contributed by atoms with van der Waals surface area (Å²) in [5.41, 5.74) is 8.98. The average Bonchev–Trinajstić information content (AvgIpc) is 2.31. The van der Waals surface area contributed by atoms with Crippen molar-refractivity contribution in [1.29, 1.82) is 0 Å². The van der Waals surface area contributed by atoms with Crippen LogP contribution in [-0.2, 0) is 0 Å². The van der Waals surface area contributed by atoms with E-state index in [2.05, 4.69) is 29.7 Å². The van der Waals surface area contributed by atoms with Crippen LogP contribution in [0.15, 0.2) is 5.10 Å². The van der Waals surface area contributed by atoms with Gasteiger partial charge in [0.05, 0.1) is 5.71 Å². The molecule has 0 bridgehead atoms. The van der Waals surface area contributed by atoms with E-state index in [-0.39, 0.29) is 5.11 Å². The summed E-state index contributed by atoms with van der Waals surface area (Å²) in [6.07, 6.45) is 1.04. The molecular formula is C6H11N3S2. The van der Waals surface area contributed by atoms with E-state index in [1.54, 1.807) is 0 Å². The van der Waals surface area contributed by atoms with E-state index in [9.17, 15) is 0 Å². The SMILES string of the molecule is CC1SCC/C1=N\NC(N)=S. The van der Waals surface area contributed by atoms with Gasteiger partial charge in [0, 0.05) is 5.25 Å². The Morgan fingerprint density at radius 3 is 3.09 bits per heavy atom. The van der Waals surface area contributed by atoms with Crippen molar-refractivity contribution in [1.82, 2.24) is 5.43 Å². The zero-order valence-corrected chi connectivity index (χ0v) is 7.97. The Bertz CT molecular complexity index is 190. The number of hydrogen-bond donors (Lipinski definition) is 2. The summed E-state index contributed by atoms with van der Waals surface area (Å²) in [6, 6.07) is 0. The standard InChI is InChI=1S/C6H11N3S2/c1-4-5(2-3-11-4)8-9-6(7)10/h4H,2-3H2,1H3,(H3,7,9,10)/b8-5+. The lowest BCUT2D eigenvalue weighted by molar-refractivity contribution is 1.00. The Labute approximate surface area is 75.8 Å². The van der Waals surface area contributed by atoms with Gasteiger partial charge in [-0.05, 0) is 31.3 Å². The van der Waals surface area contributed by atoms with Gasteiger partial charge in [0.15, 0.2) is 5.11 Å². The van der Waals surface area contributed by atoms with Gasteiger partial charge < -0.3 is 5.73 Å². The second-order valence-electron chi connectivity index (χ2n) is 2.34. The van der Waals surface area contributed by atoms with Gasteiger partial charge in [-0.25, -0.2) is 0 Å². The summed E-state index contributed by atoms with van der Waals surface area (Å²) in [4.78, 5) is 0. The predicted molar refractivity (Wildman–Crippen MR) is 53.9 cm³/mol. The second-order valence-corrected chi connectivity index (χ2v) is 4.23. The van der Waals surface area contributed by atoms with Gasteiger partial charge in [-0.15, -0.1) is 0 Å². The van der Waals surface area contributed by atoms with Crippen LogP contribution >= 0.6 is 24.0 Å². The Hall–Kier alpha value is -0.290. The molecule has 1 aliphatic heterocycles. The quantitative estimate of drug-likeness (QED) is 0.471. The number of nitrogens with two attached hydrogens (primary N) is 1. The highest BCUT2D eigenvalue weighted by atomic mass is 32.2. The molecule has 0 aliphatic carbocycles. The summed E-state index contributed by atoms with van der Waals surface area (Å²) in [5, 5.41) is 4.83. The lowest BCUT2D eigenvalue weighted by atomic mass is 10.2. The largest absolute Gasteiger partial charge is 0.375 e. The minimum absolute atomic E-state index is 0.238. The molecule has 1 aliphatic rings. The molecule has 1 fully saturated rings. The number of thiocarbonyl (C=S) groups is 1. The fraction of sp³-hybridized carbons (Fsp3) is 0.667. The van der Waals surface area contributed by atoms with E-state index in [0.717, 1.165) is 17.9 Å². The first-order valence-corrected chi connectivity index (χ1v) is 4.89. The number of hydrazone groups is 1. The van der Waals surface area contributed by atoms with Gasteiger partial charge in [-0.3, -0.25) is 5.43 Å². The molecule has 3 nitrogen and oxygen atoms in total. The maximum atomic E-state index is 5.22. The van der Waals surface area contributed by atoms with Gasteiger partial charge in [0.1, 0.15) is 0 Å². The van der Waals surface area contributed by atoms with E-state index in [1.807, 2.05) is 11.8 Å². The normalized spacial score (nSPS) is 27.4. The Morgan fingerprint density at radius 2 is 2.64 bits per heavy atom. The highest BCUT2D eigenvalue weighted by molar-refractivity contribution is 8.01. The molecule has 0 aromatic carbocycles. The van der Waals surface area contributed by atoms with Gasteiger partial charge in [-0.1, -0.05) is 0 Å². The lowest BCUT2D eigenvalue weighted by Gasteiger charge is -2.02. The molecule has 1 unspecified atom stereocenters. The molecule has 0 amide bonds. The summed E-state index contributed by atoms with van der Waals surface area (Å²) in [7, 11) is 0. The van der Waals surface area contributed by atoms with Crippen LogP contribution in [0.5, 0.6) is 0 Å². The number of nitrogens with zero attached hydrogens (tertiary/aromatic N) is 1. The summed E-state index contributed by atoms with van der Waals surface area (Å²) in [5.74, 6) is 1.15. The zero-order chi connectivity index (χ0) is 8.27. The zero-order valence-electron chi connectivity index (χ0n) is 6.33. The van der Waals surface area contributed by atoms with Crippen LogP contribution in [0, 0.1) is 0 Å². The molecule has 1 saturated heterocycles. The fourth-order valence-corrected chi connectivity index (χ4v) is 2.00. The average molecular weight is 189 g/mol. The molecular weight excluding hydrogens is 178 g/mol. The third-order valence-electron chi connectivity index (χ3n) is 1.51. The van der Waals surface area contributed by atoms with Crippen LogP contribution in [0.3, 0.4) is 0 Å². The van der Waals surface area contributed by atoms with E-state index >= 15 is 0 Å². The molecule has 5 heteroatoms. The Kier molecular flexibility index (Phi) is 3.14. The first-order chi connectivity index (χ1) is 5.20. The maximum Gasteiger partial charge on any atom is 0.184 e. The molecule has 0 spiro atoms. The van der Waals surface area contributed by atoms with Gasteiger partial charge in [0.25, 0.3) is 0 Å². The first-order valence-electron chi connectivity index (χ1n) is 3.43. The van der Waals surface area contributed by atoms with E-state index in [1.165, 1.54) is 0 Å². The minimum Gasteiger partial charge on any atom is -0.375 e. The minimum atomic E-state index is 0.238. The van der Waals surface area contributed by atoms with Gasteiger partial charge >= 0.3 is 0 Å². The van der Waals surface area contributed by atoms with Crippen LogP contribution < -0.4 is 11.2 Å². The van der Waals surface area contributed by atoms with Crippen LogP contribution in [-0.4, -0.2) is 21.8 Å². The third-order valence-corrected chi connectivity index (χ3v) is 2.81. The molecule has 0 radical (unpaired) electrons. The smallest absolute Gasteiger partial charge is 0.184 e. The summed E-state index contributed by atoms with van der Waals surface area (Å²) >= 11 is 6.52.